The lowest BCUT2D eigenvalue weighted by Gasteiger charge is -2.13. The quantitative estimate of drug-likeness (QED) is 0.224. The average Bonchev–Trinajstić information content (AvgIpc) is 3.40. The highest BCUT2D eigenvalue weighted by molar-refractivity contribution is 14.1. The van der Waals surface area contributed by atoms with Gasteiger partial charge in [0, 0.05) is 26.0 Å². The summed E-state index contributed by atoms with van der Waals surface area (Å²) in [6.45, 7) is 2.62. The molecule has 2 aliphatic heterocycles. The van der Waals surface area contributed by atoms with E-state index in [2.05, 4.69) is 22.6 Å². The molecular weight excluding hydrogens is 618 g/mol. The van der Waals surface area contributed by atoms with Gasteiger partial charge in [-0.25, -0.2) is 0 Å². The fourth-order valence-corrected chi connectivity index (χ4v) is 3.92. The number of nitro benzene ring substituents is 1. The molecule has 2 aliphatic rings. The van der Waals surface area contributed by atoms with Crippen LogP contribution in [0.25, 0.3) is 0 Å². The SMILES string of the molecule is Nc1cc(I)ccc1OC1CCOC1.O=[N+]([O-])c1cc(I)ccc1OC1CCOC1. The highest BCUT2D eigenvalue weighted by Gasteiger charge is 2.22. The Morgan fingerprint density at radius 1 is 0.933 bits per heavy atom. The molecule has 0 radical (unpaired) electrons. The van der Waals surface area contributed by atoms with Crippen molar-refractivity contribution in [2.45, 2.75) is 25.0 Å². The topological polar surface area (TPSA) is 106 Å². The van der Waals surface area contributed by atoms with Crippen molar-refractivity contribution in [3.63, 3.8) is 0 Å². The summed E-state index contributed by atoms with van der Waals surface area (Å²) < 4.78 is 23.6. The van der Waals surface area contributed by atoms with E-state index in [0.29, 0.717) is 31.3 Å². The van der Waals surface area contributed by atoms with Crippen molar-refractivity contribution in [1.29, 1.82) is 0 Å². The highest BCUT2D eigenvalue weighted by atomic mass is 127. The van der Waals surface area contributed by atoms with Crippen molar-refractivity contribution in [3.8, 4) is 11.5 Å². The van der Waals surface area contributed by atoms with Gasteiger partial charge in [0.1, 0.15) is 18.0 Å². The molecule has 30 heavy (non-hydrogen) atoms. The third-order valence-electron chi connectivity index (χ3n) is 4.45. The standard InChI is InChI=1S/C10H10INO4.C10H12INO2/c11-7-1-2-10(9(5-7)12(13)14)16-8-3-4-15-6-8;11-7-1-2-10(9(12)5-7)14-8-3-4-13-6-8/h1-2,5,8H,3-4,6H2;1-2,5,8H,3-4,6,12H2. The number of halogens is 2. The van der Waals surface area contributed by atoms with Crippen molar-refractivity contribution < 1.29 is 23.9 Å². The van der Waals surface area contributed by atoms with E-state index in [1.54, 1.807) is 12.1 Å². The molecule has 0 aromatic heterocycles. The van der Waals surface area contributed by atoms with Crippen LogP contribution in [0.1, 0.15) is 12.8 Å². The lowest BCUT2D eigenvalue weighted by Crippen LogP contribution is -2.16. The Morgan fingerprint density at radius 3 is 1.97 bits per heavy atom. The van der Waals surface area contributed by atoms with Gasteiger partial charge in [0.2, 0.25) is 0 Å². The zero-order valence-corrected chi connectivity index (χ0v) is 20.4. The minimum absolute atomic E-state index is 0.0128. The highest BCUT2D eigenvalue weighted by Crippen LogP contribution is 2.30. The third-order valence-corrected chi connectivity index (χ3v) is 5.79. The van der Waals surface area contributed by atoms with E-state index >= 15 is 0 Å². The predicted molar refractivity (Wildman–Crippen MR) is 129 cm³/mol. The van der Waals surface area contributed by atoms with Gasteiger partial charge in [-0.1, -0.05) is 0 Å². The van der Waals surface area contributed by atoms with E-state index in [1.165, 1.54) is 6.07 Å². The van der Waals surface area contributed by atoms with Crippen LogP contribution in [0.4, 0.5) is 11.4 Å². The molecule has 4 rings (SSSR count). The summed E-state index contributed by atoms with van der Waals surface area (Å²) in [5, 5.41) is 10.8. The first kappa shape index (κ1) is 23.3. The second-order valence-corrected chi connectivity index (χ2v) is 9.25. The van der Waals surface area contributed by atoms with E-state index in [9.17, 15) is 10.1 Å². The number of ether oxygens (including phenoxy) is 4. The van der Waals surface area contributed by atoms with Crippen molar-refractivity contribution >= 4 is 56.6 Å². The molecule has 0 amide bonds. The number of rotatable bonds is 5. The summed E-state index contributed by atoms with van der Waals surface area (Å²) in [6.07, 6.45) is 1.82. The van der Waals surface area contributed by atoms with E-state index in [1.807, 2.05) is 40.8 Å². The summed E-state index contributed by atoms with van der Waals surface area (Å²) in [4.78, 5) is 10.4. The monoisotopic (exact) mass is 640 g/mol. The molecule has 2 saturated heterocycles. The number of nitrogen functional groups attached to an aromatic ring is 1. The minimum atomic E-state index is -0.423. The normalized spacial score (nSPS) is 20.3. The second kappa shape index (κ2) is 11.3. The summed E-state index contributed by atoms with van der Waals surface area (Å²) in [7, 11) is 0. The molecule has 2 N–H and O–H groups in total. The number of nitrogens with two attached hydrogens (primary N) is 1. The van der Waals surface area contributed by atoms with Crippen LogP contribution in [-0.2, 0) is 9.47 Å². The van der Waals surface area contributed by atoms with Crippen LogP contribution in [0.2, 0.25) is 0 Å². The largest absolute Gasteiger partial charge is 0.486 e. The van der Waals surface area contributed by atoms with Crippen molar-refractivity contribution in [3.05, 3.63) is 53.7 Å². The molecule has 8 nitrogen and oxygen atoms in total. The van der Waals surface area contributed by atoms with Gasteiger partial charge in [0.05, 0.1) is 37.0 Å². The summed E-state index contributed by atoms with van der Waals surface area (Å²) in [5.74, 6) is 1.09. The maximum absolute atomic E-state index is 10.8. The number of hydrogen-bond acceptors (Lipinski definition) is 7. The Bertz CT molecular complexity index is 870. The molecule has 2 atom stereocenters. The minimum Gasteiger partial charge on any atom is -0.486 e. The van der Waals surface area contributed by atoms with Gasteiger partial charge in [-0.05, 0) is 75.5 Å². The Labute approximate surface area is 201 Å². The Morgan fingerprint density at radius 2 is 1.47 bits per heavy atom. The van der Waals surface area contributed by atoms with Gasteiger partial charge in [-0.15, -0.1) is 0 Å². The van der Waals surface area contributed by atoms with Crippen molar-refractivity contribution in [1.82, 2.24) is 0 Å². The number of anilines is 1. The number of nitrogens with zero attached hydrogens (tertiary/aromatic N) is 1. The third kappa shape index (κ3) is 6.82. The van der Waals surface area contributed by atoms with Gasteiger partial charge >= 0.3 is 5.69 Å². The van der Waals surface area contributed by atoms with Crippen LogP contribution < -0.4 is 15.2 Å². The fourth-order valence-electron chi connectivity index (χ4n) is 2.93. The van der Waals surface area contributed by atoms with Crippen LogP contribution in [0.15, 0.2) is 36.4 Å². The maximum atomic E-state index is 10.8. The van der Waals surface area contributed by atoms with Crippen LogP contribution in [0.5, 0.6) is 11.5 Å². The van der Waals surface area contributed by atoms with Crippen LogP contribution in [0, 0.1) is 17.3 Å². The number of benzene rings is 2. The summed E-state index contributed by atoms with van der Waals surface area (Å²) in [6, 6.07) is 10.7. The first-order valence-corrected chi connectivity index (χ1v) is 11.6. The lowest BCUT2D eigenvalue weighted by molar-refractivity contribution is -0.386. The second-order valence-electron chi connectivity index (χ2n) is 6.76. The van der Waals surface area contributed by atoms with Gasteiger partial charge in [-0.2, -0.15) is 0 Å². The summed E-state index contributed by atoms with van der Waals surface area (Å²) >= 11 is 4.26. The molecule has 2 heterocycles. The Hall–Kier alpha value is -1.38. The van der Waals surface area contributed by atoms with E-state index in [4.69, 9.17) is 24.7 Å². The van der Waals surface area contributed by atoms with Gasteiger partial charge < -0.3 is 24.7 Å². The van der Waals surface area contributed by atoms with Gasteiger partial charge in [0.15, 0.2) is 5.75 Å². The van der Waals surface area contributed by atoms with Crippen molar-refractivity contribution in [2.75, 3.05) is 32.2 Å². The molecule has 2 aromatic carbocycles. The first-order valence-electron chi connectivity index (χ1n) is 9.40. The number of nitro groups is 1. The average molecular weight is 640 g/mol. The van der Waals surface area contributed by atoms with Gasteiger partial charge in [-0.3, -0.25) is 10.1 Å². The fraction of sp³-hybridized carbons (Fsp3) is 0.400. The molecule has 0 saturated carbocycles. The zero-order valence-electron chi connectivity index (χ0n) is 16.1. The molecule has 2 aromatic rings. The smallest absolute Gasteiger partial charge is 0.311 e. The summed E-state index contributed by atoms with van der Waals surface area (Å²) in [5.41, 5.74) is 6.54. The number of hydrogen-bond donors (Lipinski definition) is 1. The maximum Gasteiger partial charge on any atom is 0.311 e. The van der Waals surface area contributed by atoms with Crippen LogP contribution in [0.3, 0.4) is 0 Å². The molecule has 0 aliphatic carbocycles. The van der Waals surface area contributed by atoms with Crippen LogP contribution in [-0.4, -0.2) is 43.6 Å². The van der Waals surface area contributed by atoms with Gasteiger partial charge in [0.25, 0.3) is 0 Å². The lowest BCUT2D eigenvalue weighted by atomic mass is 10.2. The predicted octanol–water partition coefficient (Wildman–Crippen LogP) is 4.41. The molecule has 0 spiro atoms. The van der Waals surface area contributed by atoms with E-state index in [-0.39, 0.29) is 17.9 Å². The molecular formula is C20H22I2N2O6. The van der Waals surface area contributed by atoms with Crippen LogP contribution >= 0.6 is 45.2 Å². The first-order chi connectivity index (χ1) is 14.4. The van der Waals surface area contributed by atoms with Crippen molar-refractivity contribution in [2.24, 2.45) is 0 Å². The Balaban J connectivity index is 0.000000172. The molecule has 162 valence electrons. The molecule has 2 unspecified atom stereocenters. The molecule has 2 fully saturated rings. The van der Waals surface area contributed by atoms with E-state index in [0.717, 1.165) is 32.3 Å². The molecule has 10 heteroatoms. The Kier molecular flexibility index (Phi) is 8.77. The molecule has 0 bridgehead atoms. The zero-order chi connectivity index (χ0) is 21.5. The van der Waals surface area contributed by atoms with E-state index < -0.39 is 4.92 Å².